The summed E-state index contributed by atoms with van der Waals surface area (Å²) in [4.78, 5) is 11.9. The quantitative estimate of drug-likeness (QED) is 0.518. The van der Waals surface area contributed by atoms with Crippen molar-refractivity contribution >= 4 is 5.78 Å². The molecule has 0 aliphatic rings. The van der Waals surface area contributed by atoms with Crippen molar-refractivity contribution in [2.45, 2.75) is 6.29 Å². The molecule has 0 unspecified atom stereocenters. The molecule has 0 spiro atoms. The lowest BCUT2D eigenvalue weighted by molar-refractivity contribution is -0.0747. The smallest absolute Gasteiger partial charge is 0.240 e. The zero-order valence-corrected chi connectivity index (χ0v) is 9.18. The van der Waals surface area contributed by atoms with Gasteiger partial charge in [0, 0.05) is 21.3 Å². The number of ether oxygens (including phenoxy) is 3. The van der Waals surface area contributed by atoms with Crippen LogP contribution in [-0.2, 0) is 16.5 Å². The molecule has 6 heteroatoms. The fourth-order valence-electron chi connectivity index (χ4n) is 1.27. The van der Waals surface area contributed by atoms with Crippen molar-refractivity contribution in [3.8, 4) is 5.75 Å². The molecule has 1 aromatic rings. The third-order valence-electron chi connectivity index (χ3n) is 2.00. The molecular formula is C9H14N2O4. The summed E-state index contributed by atoms with van der Waals surface area (Å²) in [5.41, 5.74) is 0.325. The van der Waals surface area contributed by atoms with Crippen LogP contribution < -0.4 is 4.74 Å². The van der Waals surface area contributed by atoms with Crippen LogP contribution >= 0.6 is 0 Å². The van der Waals surface area contributed by atoms with E-state index in [2.05, 4.69) is 5.10 Å². The van der Waals surface area contributed by atoms with Gasteiger partial charge in [-0.15, -0.1) is 0 Å². The highest BCUT2D eigenvalue weighted by Gasteiger charge is 2.26. The molecule has 0 bridgehead atoms. The molecule has 0 N–H and O–H groups in total. The van der Waals surface area contributed by atoms with Crippen LogP contribution in [0.2, 0.25) is 0 Å². The first kappa shape index (κ1) is 11.7. The molecule has 0 saturated heterocycles. The van der Waals surface area contributed by atoms with Crippen LogP contribution in [0.3, 0.4) is 0 Å². The number of Topliss-reactive ketones (excluding diaryl/α,β-unsaturated/α-hetero) is 1. The van der Waals surface area contributed by atoms with Gasteiger partial charge in [0.05, 0.1) is 13.3 Å². The minimum absolute atomic E-state index is 0.322. The van der Waals surface area contributed by atoms with Crippen LogP contribution in [0.25, 0.3) is 0 Å². The Morgan fingerprint density at radius 3 is 2.47 bits per heavy atom. The minimum Gasteiger partial charge on any atom is -0.493 e. The van der Waals surface area contributed by atoms with Gasteiger partial charge >= 0.3 is 0 Å². The Morgan fingerprint density at radius 1 is 1.40 bits per heavy atom. The minimum atomic E-state index is -0.936. The standard InChI is InChI=1S/C9H14N2O4/c1-11-7(6(13-2)5-10-11)8(12)9(14-3)15-4/h5,9H,1-4H3. The van der Waals surface area contributed by atoms with Crippen molar-refractivity contribution in [2.24, 2.45) is 7.05 Å². The average Bonchev–Trinajstić information content (AvgIpc) is 2.61. The molecule has 6 nitrogen and oxygen atoms in total. The Labute approximate surface area is 87.7 Å². The number of hydrogen-bond donors (Lipinski definition) is 0. The maximum atomic E-state index is 11.9. The molecular weight excluding hydrogens is 200 g/mol. The molecule has 84 valence electrons. The third-order valence-corrected chi connectivity index (χ3v) is 2.00. The van der Waals surface area contributed by atoms with Gasteiger partial charge in [0.25, 0.3) is 0 Å². The number of hydrogen-bond acceptors (Lipinski definition) is 5. The number of aromatic nitrogens is 2. The number of aryl methyl sites for hydroxylation is 1. The first-order valence-electron chi connectivity index (χ1n) is 4.31. The normalized spacial score (nSPS) is 10.7. The molecule has 0 fully saturated rings. The number of rotatable bonds is 5. The monoisotopic (exact) mass is 214 g/mol. The Kier molecular flexibility index (Phi) is 3.81. The molecule has 0 saturated carbocycles. The van der Waals surface area contributed by atoms with E-state index in [1.165, 1.54) is 32.2 Å². The van der Waals surface area contributed by atoms with Crippen molar-refractivity contribution in [1.82, 2.24) is 9.78 Å². The van der Waals surface area contributed by atoms with E-state index in [1.807, 2.05) is 0 Å². The van der Waals surface area contributed by atoms with E-state index in [0.717, 1.165) is 0 Å². The van der Waals surface area contributed by atoms with Crippen molar-refractivity contribution in [3.05, 3.63) is 11.9 Å². The number of ketones is 1. The van der Waals surface area contributed by atoms with Crippen LogP contribution in [0.5, 0.6) is 5.75 Å². The molecule has 0 atom stereocenters. The zero-order valence-electron chi connectivity index (χ0n) is 9.18. The molecule has 1 aromatic heterocycles. The highest BCUT2D eigenvalue weighted by Crippen LogP contribution is 2.19. The maximum absolute atomic E-state index is 11.9. The van der Waals surface area contributed by atoms with E-state index < -0.39 is 6.29 Å². The molecule has 15 heavy (non-hydrogen) atoms. The van der Waals surface area contributed by atoms with Crippen LogP contribution in [0.15, 0.2) is 6.20 Å². The largest absolute Gasteiger partial charge is 0.493 e. The summed E-state index contributed by atoms with van der Waals surface area (Å²) in [7, 11) is 5.92. The van der Waals surface area contributed by atoms with Gasteiger partial charge in [-0.2, -0.15) is 5.10 Å². The molecule has 0 aliphatic heterocycles. The van der Waals surface area contributed by atoms with E-state index >= 15 is 0 Å². The van der Waals surface area contributed by atoms with E-state index in [4.69, 9.17) is 14.2 Å². The van der Waals surface area contributed by atoms with Gasteiger partial charge in [-0.05, 0) is 0 Å². The Balaban J connectivity index is 3.03. The predicted molar refractivity (Wildman–Crippen MR) is 51.9 cm³/mol. The van der Waals surface area contributed by atoms with Crippen molar-refractivity contribution in [3.63, 3.8) is 0 Å². The highest BCUT2D eigenvalue weighted by molar-refractivity contribution is 5.99. The fourth-order valence-corrected chi connectivity index (χ4v) is 1.27. The number of methoxy groups -OCH3 is 3. The molecule has 1 heterocycles. The van der Waals surface area contributed by atoms with Crippen LogP contribution in [0.1, 0.15) is 10.5 Å². The topological polar surface area (TPSA) is 62.6 Å². The zero-order chi connectivity index (χ0) is 11.4. The van der Waals surface area contributed by atoms with Gasteiger partial charge in [-0.1, -0.05) is 0 Å². The SMILES string of the molecule is COc1cnn(C)c1C(=O)C(OC)OC. The molecule has 0 amide bonds. The van der Waals surface area contributed by atoms with Gasteiger partial charge in [0.15, 0.2) is 11.4 Å². The van der Waals surface area contributed by atoms with Crippen molar-refractivity contribution < 1.29 is 19.0 Å². The van der Waals surface area contributed by atoms with Gasteiger partial charge < -0.3 is 14.2 Å². The first-order chi connectivity index (χ1) is 7.15. The lowest BCUT2D eigenvalue weighted by atomic mass is 10.2. The number of carbonyl (C=O) groups excluding carboxylic acids is 1. The molecule has 0 aromatic carbocycles. The Morgan fingerprint density at radius 2 is 2.00 bits per heavy atom. The summed E-state index contributed by atoms with van der Waals surface area (Å²) in [5.74, 6) is 0.0819. The lowest BCUT2D eigenvalue weighted by Crippen LogP contribution is -2.27. The summed E-state index contributed by atoms with van der Waals surface area (Å²) in [6.07, 6.45) is 0.532. The summed E-state index contributed by atoms with van der Waals surface area (Å²) in [6, 6.07) is 0. The maximum Gasteiger partial charge on any atom is 0.240 e. The predicted octanol–water partition coefficient (Wildman–Crippen LogP) is 0.230. The highest BCUT2D eigenvalue weighted by atomic mass is 16.7. The Hall–Kier alpha value is -1.40. The second kappa shape index (κ2) is 4.90. The van der Waals surface area contributed by atoms with E-state index in [0.29, 0.717) is 11.4 Å². The van der Waals surface area contributed by atoms with Crippen molar-refractivity contribution in [1.29, 1.82) is 0 Å². The summed E-state index contributed by atoms with van der Waals surface area (Å²) >= 11 is 0. The van der Waals surface area contributed by atoms with Gasteiger partial charge in [0.1, 0.15) is 0 Å². The van der Waals surface area contributed by atoms with Crippen LogP contribution in [0.4, 0.5) is 0 Å². The average molecular weight is 214 g/mol. The van der Waals surface area contributed by atoms with E-state index in [9.17, 15) is 4.79 Å². The summed E-state index contributed by atoms with van der Waals surface area (Å²) < 4.78 is 16.2. The second-order valence-corrected chi connectivity index (χ2v) is 2.85. The van der Waals surface area contributed by atoms with E-state index in [1.54, 1.807) is 7.05 Å². The first-order valence-corrected chi connectivity index (χ1v) is 4.31. The fraction of sp³-hybridized carbons (Fsp3) is 0.556. The molecule has 0 aliphatic carbocycles. The Bertz CT molecular complexity index is 344. The molecule has 1 rings (SSSR count). The summed E-state index contributed by atoms with van der Waals surface area (Å²) in [6.45, 7) is 0. The summed E-state index contributed by atoms with van der Waals surface area (Å²) in [5, 5.41) is 3.92. The van der Waals surface area contributed by atoms with E-state index in [-0.39, 0.29) is 5.78 Å². The lowest BCUT2D eigenvalue weighted by Gasteiger charge is -2.12. The van der Waals surface area contributed by atoms with Gasteiger partial charge in [-0.25, -0.2) is 0 Å². The number of carbonyl (C=O) groups is 1. The third kappa shape index (κ3) is 2.16. The van der Waals surface area contributed by atoms with Crippen molar-refractivity contribution in [2.75, 3.05) is 21.3 Å². The van der Waals surface area contributed by atoms with Crippen LogP contribution in [-0.4, -0.2) is 43.2 Å². The van der Waals surface area contributed by atoms with Gasteiger partial charge in [-0.3, -0.25) is 9.48 Å². The van der Waals surface area contributed by atoms with Crippen LogP contribution in [0, 0.1) is 0 Å². The second-order valence-electron chi connectivity index (χ2n) is 2.85. The molecule has 0 radical (unpaired) electrons. The number of nitrogens with zero attached hydrogens (tertiary/aromatic N) is 2. The van der Waals surface area contributed by atoms with Gasteiger partial charge in [0.2, 0.25) is 12.1 Å².